The molecule has 2 rings (SSSR count). The number of hydrogen-bond donors (Lipinski definition) is 3. The molecule has 1 aromatic heterocycles. The molecule has 0 radical (unpaired) electrons. The van der Waals surface area contributed by atoms with Crippen molar-refractivity contribution in [2.75, 3.05) is 10.6 Å². The number of amides is 2. The number of rotatable bonds is 2. The van der Waals surface area contributed by atoms with Gasteiger partial charge in [0, 0.05) is 16.4 Å². The van der Waals surface area contributed by atoms with Crippen LogP contribution in [0, 0.1) is 0 Å². The van der Waals surface area contributed by atoms with Gasteiger partial charge in [0.15, 0.2) is 0 Å². The number of aromatic nitrogens is 1. The molecule has 6 heteroatoms. The molecule has 0 saturated heterocycles. The number of urea groups is 1. The summed E-state index contributed by atoms with van der Waals surface area (Å²) >= 11 is 3.26. The Labute approximate surface area is 112 Å². The van der Waals surface area contributed by atoms with Gasteiger partial charge in [-0.2, -0.15) is 0 Å². The summed E-state index contributed by atoms with van der Waals surface area (Å²) in [5.74, 6) is 0.602. The van der Waals surface area contributed by atoms with E-state index in [2.05, 4.69) is 31.5 Å². The molecule has 3 N–H and O–H groups in total. The van der Waals surface area contributed by atoms with Crippen molar-refractivity contribution in [2.24, 2.45) is 0 Å². The fourth-order valence-electron chi connectivity index (χ4n) is 1.27. The molecular weight excluding hydrogens is 298 g/mol. The molecule has 18 heavy (non-hydrogen) atoms. The predicted molar refractivity (Wildman–Crippen MR) is 72.7 cm³/mol. The maximum atomic E-state index is 11.6. The molecule has 0 aliphatic rings. The molecule has 0 aliphatic carbocycles. The predicted octanol–water partition coefficient (Wildman–Crippen LogP) is 3.19. The van der Waals surface area contributed by atoms with E-state index in [-0.39, 0.29) is 5.75 Å². The Kier molecular flexibility index (Phi) is 3.78. The van der Waals surface area contributed by atoms with Crippen LogP contribution >= 0.6 is 15.9 Å². The van der Waals surface area contributed by atoms with Crippen molar-refractivity contribution in [1.82, 2.24) is 4.98 Å². The van der Waals surface area contributed by atoms with Crippen LogP contribution in [0.15, 0.2) is 47.1 Å². The number of phenolic OH excluding ortho intramolecular Hbond substituents is 1. The van der Waals surface area contributed by atoms with Crippen molar-refractivity contribution in [3.63, 3.8) is 0 Å². The Hall–Kier alpha value is -2.08. The third kappa shape index (κ3) is 3.46. The van der Waals surface area contributed by atoms with Crippen molar-refractivity contribution < 1.29 is 9.90 Å². The van der Waals surface area contributed by atoms with Gasteiger partial charge in [-0.05, 0) is 52.3 Å². The maximum absolute atomic E-state index is 11.6. The Bertz CT molecular complexity index is 491. The summed E-state index contributed by atoms with van der Waals surface area (Å²) in [6.07, 6.45) is 1.59. The summed E-state index contributed by atoms with van der Waals surface area (Å²) in [6.45, 7) is 0. The number of halogens is 1. The molecule has 0 fully saturated rings. The number of carbonyl (C=O) groups is 1. The van der Waals surface area contributed by atoms with Gasteiger partial charge in [0.25, 0.3) is 0 Å². The normalized spacial score (nSPS) is 9.83. The van der Waals surface area contributed by atoms with Gasteiger partial charge in [0.05, 0.1) is 0 Å². The Balaban J connectivity index is 1.96. The lowest BCUT2D eigenvalue weighted by atomic mass is 10.3. The fraction of sp³-hybridized carbons (Fsp3) is 0. The largest absolute Gasteiger partial charge is 0.508 e. The number of phenols is 1. The van der Waals surface area contributed by atoms with Crippen LogP contribution in [0.5, 0.6) is 5.75 Å². The van der Waals surface area contributed by atoms with Crippen LogP contribution in [0.1, 0.15) is 0 Å². The van der Waals surface area contributed by atoms with Gasteiger partial charge in [-0.3, -0.25) is 5.32 Å². The van der Waals surface area contributed by atoms with Crippen LogP contribution in [0.3, 0.4) is 0 Å². The van der Waals surface area contributed by atoms with E-state index >= 15 is 0 Å². The molecule has 0 bridgehead atoms. The zero-order valence-electron chi connectivity index (χ0n) is 9.22. The smallest absolute Gasteiger partial charge is 0.324 e. The second-order valence-corrected chi connectivity index (χ2v) is 4.40. The lowest BCUT2D eigenvalue weighted by molar-refractivity contribution is 0.262. The van der Waals surface area contributed by atoms with E-state index in [9.17, 15) is 4.79 Å². The van der Waals surface area contributed by atoms with Crippen molar-refractivity contribution in [1.29, 1.82) is 0 Å². The van der Waals surface area contributed by atoms with Crippen molar-refractivity contribution in [2.45, 2.75) is 0 Å². The quantitative estimate of drug-likeness (QED) is 0.746. The van der Waals surface area contributed by atoms with E-state index < -0.39 is 6.03 Å². The first-order chi connectivity index (χ1) is 8.63. The Morgan fingerprint density at radius 1 is 1.11 bits per heavy atom. The van der Waals surface area contributed by atoms with Gasteiger partial charge in [-0.25, -0.2) is 9.78 Å². The minimum atomic E-state index is -0.393. The number of anilines is 2. The number of benzene rings is 1. The number of aromatic hydroxyl groups is 1. The summed E-state index contributed by atoms with van der Waals surface area (Å²) in [5, 5.41) is 14.3. The molecule has 0 saturated carbocycles. The Morgan fingerprint density at radius 3 is 2.44 bits per heavy atom. The van der Waals surface area contributed by atoms with Crippen LogP contribution < -0.4 is 10.6 Å². The van der Waals surface area contributed by atoms with Crippen molar-refractivity contribution in [3.8, 4) is 5.75 Å². The number of nitrogens with one attached hydrogen (secondary N) is 2. The highest BCUT2D eigenvalue weighted by Gasteiger charge is 2.03. The third-order valence-electron chi connectivity index (χ3n) is 2.09. The van der Waals surface area contributed by atoms with Gasteiger partial charge >= 0.3 is 6.03 Å². The topological polar surface area (TPSA) is 74.2 Å². The monoisotopic (exact) mass is 307 g/mol. The van der Waals surface area contributed by atoms with Crippen molar-refractivity contribution >= 4 is 33.5 Å². The van der Waals surface area contributed by atoms with E-state index in [1.165, 1.54) is 12.1 Å². The first kappa shape index (κ1) is 12.4. The molecule has 0 aliphatic heterocycles. The third-order valence-corrected chi connectivity index (χ3v) is 2.56. The van der Waals surface area contributed by atoms with E-state index in [0.29, 0.717) is 11.5 Å². The number of carbonyl (C=O) groups excluding carboxylic acids is 1. The fourth-order valence-corrected chi connectivity index (χ4v) is 1.51. The molecule has 0 atom stereocenters. The summed E-state index contributed by atoms with van der Waals surface area (Å²) in [6, 6.07) is 9.26. The Morgan fingerprint density at radius 2 is 1.83 bits per heavy atom. The van der Waals surface area contributed by atoms with Gasteiger partial charge in [-0.1, -0.05) is 0 Å². The highest BCUT2D eigenvalue weighted by atomic mass is 79.9. The van der Waals surface area contributed by atoms with Crippen molar-refractivity contribution in [3.05, 3.63) is 47.1 Å². The summed E-state index contributed by atoms with van der Waals surface area (Å²) in [4.78, 5) is 15.6. The van der Waals surface area contributed by atoms with Crippen LogP contribution in [-0.2, 0) is 0 Å². The molecule has 5 nitrogen and oxygen atoms in total. The lowest BCUT2D eigenvalue weighted by Gasteiger charge is -2.06. The van der Waals surface area contributed by atoms with Gasteiger partial charge in [0.2, 0.25) is 0 Å². The molecular formula is C12H10BrN3O2. The highest BCUT2D eigenvalue weighted by Crippen LogP contribution is 2.14. The molecule has 0 unspecified atom stereocenters. The van der Waals surface area contributed by atoms with E-state index in [4.69, 9.17) is 5.11 Å². The molecule has 1 aromatic carbocycles. The summed E-state index contributed by atoms with van der Waals surface area (Å²) in [7, 11) is 0. The minimum absolute atomic E-state index is 0.149. The van der Waals surface area contributed by atoms with Gasteiger partial charge in [0.1, 0.15) is 11.6 Å². The minimum Gasteiger partial charge on any atom is -0.508 e. The average molecular weight is 308 g/mol. The van der Waals surface area contributed by atoms with Crippen LogP contribution in [0.4, 0.5) is 16.3 Å². The van der Waals surface area contributed by atoms with Gasteiger partial charge < -0.3 is 10.4 Å². The van der Waals surface area contributed by atoms with E-state index in [1.54, 1.807) is 30.5 Å². The standard InChI is InChI=1S/C12H10BrN3O2/c13-8-1-6-11(14-7-8)16-12(18)15-9-2-4-10(17)5-3-9/h1-7,17H,(H2,14,15,16,18). The number of nitrogens with zero attached hydrogens (tertiary/aromatic N) is 1. The molecule has 1 heterocycles. The first-order valence-electron chi connectivity index (χ1n) is 5.12. The molecule has 0 spiro atoms. The first-order valence-corrected chi connectivity index (χ1v) is 5.91. The zero-order valence-corrected chi connectivity index (χ0v) is 10.8. The van der Waals surface area contributed by atoms with E-state index in [0.717, 1.165) is 4.47 Å². The summed E-state index contributed by atoms with van der Waals surface area (Å²) in [5.41, 5.74) is 0.586. The number of pyridine rings is 1. The molecule has 2 aromatic rings. The average Bonchev–Trinajstić information content (AvgIpc) is 2.35. The second kappa shape index (κ2) is 5.50. The van der Waals surface area contributed by atoms with Crippen LogP contribution in [-0.4, -0.2) is 16.1 Å². The lowest BCUT2D eigenvalue weighted by Crippen LogP contribution is -2.19. The highest BCUT2D eigenvalue weighted by molar-refractivity contribution is 9.10. The second-order valence-electron chi connectivity index (χ2n) is 3.49. The van der Waals surface area contributed by atoms with Crippen LogP contribution in [0.2, 0.25) is 0 Å². The maximum Gasteiger partial charge on any atom is 0.324 e. The number of hydrogen-bond acceptors (Lipinski definition) is 3. The summed E-state index contributed by atoms with van der Waals surface area (Å²) < 4.78 is 0.840. The zero-order chi connectivity index (χ0) is 13.0. The SMILES string of the molecule is O=C(Nc1ccc(O)cc1)Nc1ccc(Br)cn1. The molecule has 2 amide bonds. The van der Waals surface area contributed by atoms with E-state index in [1.807, 2.05) is 0 Å². The van der Waals surface area contributed by atoms with Gasteiger partial charge in [-0.15, -0.1) is 0 Å². The molecule has 92 valence electrons. The van der Waals surface area contributed by atoms with Crippen LogP contribution in [0.25, 0.3) is 0 Å².